The molecule has 0 aliphatic carbocycles. The summed E-state index contributed by atoms with van der Waals surface area (Å²) in [5, 5.41) is 22.2. The molecule has 7 heteroatoms. The lowest BCUT2D eigenvalue weighted by molar-refractivity contribution is 0.952. The van der Waals surface area contributed by atoms with Gasteiger partial charge in [-0.2, -0.15) is 10.2 Å². The van der Waals surface area contributed by atoms with E-state index in [2.05, 4.69) is 262 Å². The number of para-hydroxylation sites is 4. The van der Waals surface area contributed by atoms with Gasteiger partial charge < -0.3 is 4.57 Å². The predicted octanol–water partition coefficient (Wildman–Crippen LogP) is 12.7. The first-order chi connectivity index (χ1) is 35.7. The SMILES string of the molecule is N#Cc1ccc2c3ccccc3n(-c3cc(-c4cccc([Si](c5ccccc5)(c5ccccc5)c5ccccc5)c4)nc(-n4c5ccccc5c5cc(-n6c7ccccc7c7ccccc76)ccc54)n3)c2c1. The molecule has 0 fully saturated rings. The molecule has 0 bridgehead atoms. The van der Waals surface area contributed by atoms with Gasteiger partial charge in [0.25, 0.3) is 0 Å². The molecule has 6 nitrogen and oxygen atoms in total. The second-order valence-electron chi connectivity index (χ2n) is 18.5. The lowest BCUT2D eigenvalue weighted by Gasteiger charge is -2.34. The zero-order chi connectivity index (χ0) is 47.8. The standard InChI is InChI=1S/C65H42N6Si/c66-43-44-35-37-55-53-29-12-16-33-60(53)70(63(55)39-44)64-42-57(45-19-18-26-50(40-45)72(47-20-4-1-5-21-47,48-22-6-2-7-23-48)49-24-8-3-9-25-49)67-65(68-64)71-61-34-17-13-30-54(61)56-41-46(36-38-62(56)71)69-58-31-14-10-27-51(58)52-28-11-15-32-59(52)69/h1-42H. The Morgan fingerprint density at radius 1 is 0.333 bits per heavy atom. The van der Waals surface area contributed by atoms with Gasteiger partial charge in [0.1, 0.15) is 5.82 Å². The summed E-state index contributed by atoms with van der Waals surface area (Å²) in [4.78, 5) is 11.2. The van der Waals surface area contributed by atoms with E-state index in [4.69, 9.17) is 9.97 Å². The van der Waals surface area contributed by atoms with E-state index >= 15 is 0 Å². The Morgan fingerprint density at radius 2 is 0.806 bits per heavy atom. The van der Waals surface area contributed by atoms with Crippen LogP contribution in [0.25, 0.3) is 94.1 Å². The Balaban J connectivity index is 1.05. The molecule has 14 aromatic rings. The molecule has 336 valence electrons. The van der Waals surface area contributed by atoms with E-state index in [1.165, 1.54) is 31.5 Å². The monoisotopic (exact) mass is 934 g/mol. The van der Waals surface area contributed by atoms with Crippen molar-refractivity contribution < 1.29 is 0 Å². The zero-order valence-corrected chi connectivity index (χ0v) is 39.9. The Hall–Kier alpha value is -9.61. The average molecular weight is 935 g/mol. The quantitative estimate of drug-likeness (QED) is 0.113. The van der Waals surface area contributed by atoms with Crippen molar-refractivity contribution in [1.29, 1.82) is 5.26 Å². The van der Waals surface area contributed by atoms with Crippen LogP contribution in [0.4, 0.5) is 0 Å². The molecule has 72 heavy (non-hydrogen) atoms. The van der Waals surface area contributed by atoms with Crippen molar-refractivity contribution in [2.45, 2.75) is 0 Å². The summed E-state index contributed by atoms with van der Waals surface area (Å²) in [6, 6.07) is 93.7. The fourth-order valence-electron chi connectivity index (χ4n) is 11.6. The predicted molar refractivity (Wildman–Crippen MR) is 299 cm³/mol. The third kappa shape index (κ3) is 6.26. The van der Waals surface area contributed by atoms with E-state index in [1.807, 2.05) is 12.1 Å². The minimum atomic E-state index is -2.90. The van der Waals surface area contributed by atoms with Crippen LogP contribution in [0.1, 0.15) is 5.56 Å². The van der Waals surface area contributed by atoms with Crippen LogP contribution in [-0.4, -0.2) is 31.7 Å². The first-order valence-corrected chi connectivity index (χ1v) is 26.3. The molecule has 4 aromatic heterocycles. The van der Waals surface area contributed by atoms with Crippen LogP contribution < -0.4 is 20.7 Å². The molecular weight excluding hydrogens is 893 g/mol. The number of aromatic nitrogens is 5. The average Bonchev–Trinajstić information content (AvgIpc) is 4.09. The Bertz CT molecular complexity index is 4320. The molecule has 0 saturated carbocycles. The summed E-state index contributed by atoms with van der Waals surface area (Å²) >= 11 is 0. The van der Waals surface area contributed by atoms with E-state index in [9.17, 15) is 5.26 Å². The van der Waals surface area contributed by atoms with Crippen LogP contribution in [0.15, 0.2) is 255 Å². The highest BCUT2D eigenvalue weighted by molar-refractivity contribution is 7.19. The smallest absolute Gasteiger partial charge is 0.237 e. The molecule has 10 aromatic carbocycles. The topological polar surface area (TPSA) is 64.4 Å². The van der Waals surface area contributed by atoms with Gasteiger partial charge in [-0.1, -0.05) is 194 Å². The fraction of sp³-hybridized carbons (Fsp3) is 0. The molecule has 0 atom stereocenters. The van der Waals surface area contributed by atoms with Crippen molar-refractivity contribution in [3.63, 3.8) is 0 Å². The summed E-state index contributed by atoms with van der Waals surface area (Å²) in [6.07, 6.45) is 0. The minimum Gasteiger partial charge on any atom is -0.309 e. The molecule has 0 aliphatic rings. The van der Waals surface area contributed by atoms with E-state index in [0.29, 0.717) is 17.3 Å². The first-order valence-electron chi connectivity index (χ1n) is 24.3. The van der Waals surface area contributed by atoms with Crippen molar-refractivity contribution >= 4 is 94.2 Å². The fourth-order valence-corrected chi connectivity index (χ4v) is 16.4. The third-order valence-corrected chi connectivity index (χ3v) is 19.4. The number of nitriles is 1. The van der Waals surface area contributed by atoms with Gasteiger partial charge in [0.2, 0.25) is 5.95 Å². The first kappa shape index (κ1) is 41.4. The summed E-state index contributed by atoms with van der Waals surface area (Å²) in [7, 11) is -2.90. The second kappa shape index (κ2) is 16.5. The van der Waals surface area contributed by atoms with Crippen LogP contribution in [0.3, 0.4) is 0 Å². The molecule has 0 saturated heterocycles. The lowest BCUT2D eigenvalue weighted by atomic mass is 10.1. The third-order valence-electron chi connectivity index (χ3n) is 14.6. The Labute approximate surface area is 416 Å². The van der Waals surface area contributed by atoms with Crippen LogP contribution >= 0.6 is 0 Å². The van der Waals surface area contributed by atoms with Crippen molar-refractivity contribution in [2.75, 3.05) is 0 Å². The highest BCUT2D eigenvalue weighted by atomic mass is 28.3. The second-order valence-corrected chi connectivity index (χ2v) is 22.3. The van der Waals surface area contributed by atoms with Gasteiger partial charge in [-0.25, -0.2) is 4.98 Å². The summed E-state index contributed by atoms with van der Waals surface area (Å²) in [6.45, 7) is 0. The molecule has 14 rings (SSSR count). The highest BCUT2D eigenvalue weighted by Crippen LogP contribution is 2.38. The van der Waals surface area contributed by atoms with Gasteiger partial charge in [0.05, 0.1) is 50.4 Å². The molecule has 0 unspecified atom stereocenters. The number of hydrogen-bond acceptors (Lipinski definition) is 3. The van der Waals surface area contributed by atoms with Gasteiger partial charge in [-0.15, -0.1) is 0 Å². The maximum absolute atomic E-state index is 10.2. The maximum Gasteiger partial charge on any atom is 0.237 e. The molecule has 0 N–H and O–H groups in total. The largest absolute Gasteiger partial charge is 0.309 e. The van der Waals surface area contributed by atoms with E-state index in [1.54, 1.807) is 0 Å². The van der Waals surface area contributed by atoms with Crippen LogP contribution in [0.2, 0.25) is 0 Å². The number of benzene rings is 10. The minimum absolute atomic E-state index is 0.545. The molecule has 0 aliphatic heterocycles. The van der Waals surface area contributed by atoms with Gasteiger partial charge in [0, 0.05) is 49.6 Å². The van der Waals surface area contributed by atoms with Crippen LogP contribution in [0.5, 0.6) is 0 Å². The lowest BCUT2D eigenvalue weighted by Crippen LogP contribution is -2.74. The number of rotatable bonds is 8. The molecule has 0 radical (unpaired) electrons. The molecular formula is C65H42N6Si. The van der Waals surface area contributed by atoms with E-state index < -0.39 is 8.07 Å². The summed E-state index contributed by atoms with van der Waals surface area (Å²) in [5.74, 6) is 1.25. The van der Waals surface area contributed by atoms with Crippen molar-refractivity contribution in [3.05, 3.63) is 260 Å². The zero-order valence-electron chi connectivity index (χ0n) is 38.9. The van der Waals surface area contributed by atoms with Gasteiger partial charge in [-0.3, -0.25) is 9.13 Å². The number of hydrogen-bond donors (Lipinski definition) is 0. The van der Waals surface area contributed by atoms with Crippen molar-refractivity contribution in [2.24, 2.45) is 0 Å². The molecule has 0 amide bonds. The highest BCUT2D eigenvalue weighted by Gasteiger charge is 2.41. The van der Waals surface area contributed by atoms with Gasteiger partial charge in [0.15, 0.2) is 8.07 Å². The molecule has 4 heterocycles. The number of nitrogens with zero attached hydrogens (tertiary/aromatic N) is 6. The van der Waals surface area contributed by atoms with Crippen LogP contribution in [0, 0.1) is 11.3 Å². The summed E-state index contributed by atoms with van der Waals surface area (Å²) in [5.41, 5.74) is 9.64. The van der Waals surface area contributed by atoms with E-state index in [0.717, 1.165) is 71.6 Å². The maximum atomic E-state index is 10.2. The normalized spacial score (nSPS) is 11.9. The van der Waals surface area contributed by atoms with Crippen molar-refractivity contribution in [3.8, 4) is 34.8 Å². The van der Waals surface area contributed by atoms with Crippen LogP contribution in [-0.2, 0) is 0 Å². The van der Waals surface area contributed by atoms with Gasteiger partial charge >= 0.3 is 0 Å². The Kier molecular flexibility index (Phi) is 9.49. The molecule has 0 spiro atoms. The summed E-state index contributed by atoms with van der Waals surface area (Å²) < 4.78 is 6.80. The van der Waals surface area contributed by atoms with E-state index in [-0.39, 0.29) is 0 Å². The van der Waals surface area contributed by atoms with Crippen molar-refractivity contribution in [1.82, 2.24) is 23.7 Å². The number of fused-ring (bicyclic) bond motifs is 9. The Morgan fingerprint density at radius 3 is 1.38 bits per heavy atom. The van der Waals surface area contributed by atoms with Gasteiger partial charge in [-0.05, 0) is 75.3 Å².